The average molecular weight is 468 g/mol. The van der Waals surface area contributed by atoms with E-state index >= 15 is 0 Å². The second-order valence-electron chi connectivity index (χ2n) is 6.92. The van der Waals surface area contributed by atoms with Crippen LogP contribution < -0.4 is 10.3 Å². The molecule has 1 unspecified atom stereocenters. The first kappa shape index (κ1) is 18.7. The van der Waals surface area contributed by atoms with Crippen LogP contribution in [0.2, 0.25) is 0 Å². The number of benzene rings is 3. The van der Waals surface area contributed by atoms with Crippen molar-refractivity contribution in [3.05, 3.63) is 110 Å². The minimum absolute atomic E-state index is 0.0755. The molecule has 4 nitrogen and oxygen atoms in total. The molecule has 4 aromatic rings. The molecule has 3 aromatic carbocycles. The van der Waals surface area contributed by atoms with E-state index in [1.54, 1.807) is 18.2 Å². The molecule has 148 valence electrons. The third-order valence-electron chi connectivity index (χ3n) is 5.12. The molecule has 30 heavy (non-hydrogen) atoms. The number of hydrogen-bond acceptors (Lipinski definition) is 3. The molecular weight excluding hydrogens is 456 g/mol. The van der Waals surface area contributed by atoms with E-state index in [9.17, 15) is 18.4 Å². The van der Waals surface area contributed by atoms with E-state index in [0.717, 1.165) is 0 Å². The Labute approximate surface area is 177 Å². The van der Waals surface area contributed by atoms with Gasteiger partial charge < -0.3 is 4.42 Å². The molecule has 0 saturated heterocycles. The van der Waals surface area contributed by atoms with E-state index in [1.165, 1.54) is 53.4 Å². The van der Waals surface area contributed by atoms with E-state index in [2.05, 4.69) is 15.9 Å². The Morgan fingerprint density at radius 1 is 0.867 bits per heavy atom. The van der Waals surface area contributed by atoms with Crippen molar-refractivity contribution in [2.24, 2.45) is 0 Å². The first-order valence-corrected chi connectivity index (χ1v) is 9.84. The maximum Gasteiger partial charge on any atom is 0.295 e. The Balaban J connectivity index is 1.81. The van der Waals surface area contributed by atoms with Crippen LogP contribution >= 0.6 is 15.9 Å². The molecule has 1 aliphatic heterocycles. The maximum absolute atomic E-state index is 13.5. The van der Waals surface area contributed by atoms with Gasteiger partial charge in [0.05, 0.1) is 17.0 Å². The van der Waals surface area contributed by atoms with Crippen molar-refractivity contribution >= 4 is 38.5 Å². The molecule has 7 heteroatoms. The normalized spacial score (nSPS) is 15.6. The van der Waals surface area contributed by atoms with Gasteiger partial charge in [-0.3, -0.25) is 14.5 Å². The summed E-state index contributed by atoms with van der Waals surface area (Å²) in [5, 5.41) is 0.323. The summed E-state index contributed by atoms with van der Waals surface area (Å²) < 4.78 is 33.5. The smallest absolute Gasteiger partial charge is 0.295 e. The highest BCUT2D eigenvalue weighted by atomic mass is 79.9. The second-order valence-corrected chi connectivity index (χ2v) is 7.84. The highest BCUT2D eigenvalue weighted by Gasteiger charge is 2.43. The number of fused-ring (bicyclic) bond motifs is 2. The summed E-state index contributed by atoms with van der Waals surface area (Å²) in [6.45, 7) is 0. The summed E-state index contributed by atoms with van der Waals surface area (Å²) in [5.41, 5.74) is 1.04. The van der Waals surface area contributed by atoms with Gasteiger partial charge in [-0.05, 0) is 60.2 Å². The molecule has 0 saturated carbocycles. The third-order valence-corrected chi connectivity index (χ3v) is 5.62. The number of nitrogens with zero attached hydrogens (tertiary/aromatic N) is 1. The van der Waals surface area contributed by atoms with Crippen LogP contribution in [-0.4, -0.2) is 5.91 Å². The Morgan fingerprint density at radius 3 is 2.17 bits per heavy atom. The highest BCUT2D eigenvalue weighted by molar-refractivity contribution is 9.10. The molecule has 1 aliphatic rings. The standard InChI is InChI=1S/C23H12BrF2NO3/c24-13-3-10-18-17(11-13)21(28)19-20(12-1-4-14(25)5-2-12)27(23(29)22(19)30-18)16-8-6-15(26)7-9-16/h1-11,20H. The molecule has 1 atom stereocenters. The lowest BCUT2D eigenvalue weighted by molar-refractivity contribution is 0.0971. The summed E-state index contributed by atoms with van der Waals surface area (Å²) in [6.07, 6.45) is 0. The summed E-state index contributed by atoms with van der Waals surface area (Å²) in [6, 6.07) is 15.1. The minimum atomic E-state index is -0.835. The van der Waals surface area contributed by atoms with Gasteiger partial charge in [-0.2, -0.15) is 0 Å². The fourth-order valence-electron chi connectivity index (χ4n) is 3.77. The summed E-state index contributed by atoms with van der Waals surface area (Å²) in [4.78, 5) is 28.1. The predicted molar refractivity (Wildman–Crippen MR) is 112 cm³/mol. The number of rotatable bonds is 2. The second kappa shape index (κ2) is 6.88. The topological polar surface area (TPSA) is 50.5 Å². The van der Waals surface area contributed by atoms with Crippen LogP contribution in [0.15, 0.2) is 80.4 Å². The zero-order valence-corrected chi connectivity index (χ0v) is 16.8. The van der Waals surface area contributed by atoms with Crippen molar-refractivity contribution in [1.29, 1.82) is 0 Å². The van der Waals surface area contributed by atoms with Crippen LogP contribution in [0.1, 0.15) is 27.7 Å². The van der Waals surface area contributed by atoms with Crippen LogP contribution in [-0.2, 0) is 0 Å². The van der Waals surface area contributed by atoms with Crippen molar-refractivity contribution in [1.82, 2.24) is 0 Å². The van der Waals surface area contributed by atoms with Crippen molar-refractivity contribution in [2.75, 3.05) is 4.90 Å². The van der Waals surface area contributed by atoms with Crippen molar-refractivity contribution in [2.45, 2.75) is 6.04 Å². The quantitative estimate of drug-likeness (QED) is 0.386. The Bertz CT molecular complexity index is 1360. The van der Waals surface area contributed by atoms with Crippen LogP contribution in [0.25, 0.3) is 11.0 Å². The lowest BCUT2D eigenvalue weighted by Gasteiger charge is -2.25. The van der Waals surface area contributed by atoms with Gasteiger partial charge in [0.2, 0.25) is 5.76 Å². The molecule has 1 amide bonds. The summed E-state index contributed by atoms with van der Waals surface area (Å²) in [5.74, 6) is -1.49. The van der Waals surface area contributed by atoms with E-state index in [0.29, 0.717) is 21.1 Å². The lowest BCUT2D eigenvalue weighted by atomic mass is 9.98. The minimum Gasteiger partial charge on any atom is -0.450 e. The van der Waals surface area contributed by atoms with E-state index in [-0.39, 0.29) is 22.3 Å². The monoisotopic (exact) mass is 467 g/mol. The number of carbonyl (C=O) groups excluding carboxylic acids is 1. The number of carbonyl (C=O) groups is 1. The number of anilines is 1. The van der Waals surface area contributed by atoms with Crippen molar-refractivity contribution in [3.8, 4) is 0 Å². The largest absolute Gasteiger partial charge is 0.450 e. The molecular formula is C23H12BrF2NO3. The summed E-state index contributed by atoms with van der Waals surface area (Å²) in [7, 11) is 0. The molecule has 2 heterocycles. The Hall–Kier alpha value is -3.32. The zero-order valence-electron chi connectivity index (χ0n) is 15.2. The summed E-state index contributed by atoms with van der Waals surface area (Å²) >= 11 is 3.35. The number of halogens is 3. The van der Waals surface area contributed by atoms with Gasteiger partial charge in [0, 0.05) is 10.2 Å². The SMILES string of the molecule is O=C1c2oc3ccc(Br)cc3c(=O)c2C(c2ccc(F)cc2)N1c1ccc(F)cc1. The van der Waals surface area contributed by atoms with Gasteiger partial charge in [0.1, 0.15) is 17.2 Å². The fourth-order valence-corrected chi connectivity index (χ4v) is 4.13. The first-order valence-electron chi connectivity index (χ1n) is 9.05. The van der Waals surface area contributed by atoms with Gasteiger partial charge in [-0.25, -0.2) is 8.78 Å². The lowest BCUT2D eigenvalue weighted by Crippen LogP contribution is -2.29. The highest BCUT2D eigenvalue weighted by Crippen LogP contribution is 2.41. The molecule has 1 aromatic heterocycles. The van der Waals surface area contributed by atoms with E-state index < -0.39 is 23.6 Å². The first-order chi connectivity index (χ1) is 14.4. The fraction of sp³-hybridized carbons (Fsp3) is 0.0435. The van der Waals surface area contributed by atoms with E-state index in [4.69, 9.17) is 4.42 Å². The van der Waals surface area contributed by atoms with Crippen LogP contribution in [0.5, 0.6) is 0 Å². The molecule has 0 bridgehead atoms. The predicted octanol–water partition coefficient (Wildman–Crippen LogP) is 5.58. The van der Waals surface area contributed by atoms with Gasteiger partial charge in [0.25, 0.3) is 5.91 Å². The Kier molecular flexibility index (Phi) is 4.29. The molecule has 0 spiro atoms. The van der Waals surface area contributed by atoms with Gasteiger partial charge in [-0.1, -0.05) is 28.1 Å². The maximum atomic E-state index is 13.5. The zero-order chi connectivity index (χ0) is 21.0. The van der Waals surface area contributed by atoms with Gasteiger partial charge in [-0.15, -0.1) is 0 Å². The van der Waals surface area contributed by atoms with Crippen LogP contribution in [0.4, 0.5) is 14.5 Å². The average Bonchev–Trinajstić information content (AvgIpc) is 3.03. The molecule has 0 radical (unpaired) electrons. The third kappa shape index (κ3) is 2.85. The van der Waals surface area contributed by atoms with Crippen LogP contribution in [0.3, 0.4) is 0 Å². The van der Waals surface area contributed by atoms with Gasteiger partial charge >= 0.3 is 0 Å². The van der Waals surface area contributed by atoms with Gasteiger partial charge in [0.15, 0.2) is 5.43 Å². The van der Waals surface area contributed by atoms with Crippen molar-refractivity contribution < 1.29 is 18.0 Å². The number of amides is 1. The number of hydrogen-bond donors (Lipinski definition) is 0. The molecule has 0 N–H and O–H groups in total. The van der Waals surface area contributed by atoms with Crippen molar-refractivity contribution in [3.63, 3.8) is 0 Å². The molecule has 0 fully saturated rings. The van der Waals surface area contributed by atoms with E-state index in [1.807, 2.05) is 0 Å². The van der Waals surface area contributed by atoms with Crippen LogP contribution in [0, 0.1) is 11.6 Å². The Morgan fingerprint density at radius 2 is 1.50 bits per heavy atom. The molecule has 5 rings (SSSR count). The molecule has 0 aliphatic carbocycles.